The molecule has 0 radical (unpaired) electrons. The van der Waals surface area contributed by atoms with Gasteiger partial charge < -0.3 is 30.0 Å². The molecular formula is C26H45N3O7SSi2. The predicted molar refractivity (Wildman–Crippen MR) is 157 cm³/mol. The van der Waals surface area contributed by atoms with Crippen LogP contribution in [-0.2, 0) is 27.9 Å². The Morgan fingerprint density at radius 3 is 2.08 bits per heavy atom. The van der Waals surface area contributed by atoms with Crippen molar-refractivity contribution in [2.24, 2.45) is 5.73 Å². The number of para-hydroxylation sites is 1. The van der Waals surface area contributed by atoms with Crippen molar-refractivity contribution in [3.05, 3.63) is 41.4 Å². The van der Waals surface area contributed by atoms with E-state index in [-0.39, 0.29) is 22.4 Å². The highest BCUT2D eigenvalue weighted by Gasteiger charge is 2.67. The number of rotatable bonds is 7. The zero-order valence-electron chi connectivity index (χ0n) is 24.7. The van der Waals surface area contributed by atoms with Crippen LogP contribution in [0.15, 0.2) is 41.4 Å². The van der Waals surface area contributed by atoms with Crippen LogP contribution >= 0.6 is 0 Å². The summed E-state index contributed by atoms with van der Waals surface area (Å²) in [4.78, 5) is 13.1. The number of ether oxygens (including phenoxy) is 1. The Bertz CT molecular complexity index is 1190. The summed E-state index contributed by atoms with van der Waals surface area (Å²) in [5.74, 6) is 0. The van der Waals surface area contributed by atoms with Crippen molar-refractivity contribution in [2.75, 3.05) is 11.9 Å². The van der Waals surface area contributed by atoms with Gasteiger partial charge in [-0.15, -0.1) is 0 Å². The molecule has 2 amide bonds. The van der Waals surface area contributed by atoms with Crippen LogP contribution in [0.1, 0.15) is 41.5 Å². The highest BCUT2D eigenvalue weighted by Crippen LogP contribution is 2.49. The van der Waals surface area contributed by atoms with Crippen LogP contribution in [0.4, 0.5) is 10.5 Å². The van der Waals surface area contributed by atoms with Gasteiger partial charge >= 0.3 is 6.03 Å². The molecule has 2 heterocycles. The monoisotopic (exact) mass is 599 g/mol. The summed E-state index contributed by atoms with van der Waals surface area (Å²) < 4.78 is 50.9. The fraction of sp³-hybridized carbons (Fsp3) is 0.654. The second-order valence-electron chi connectivity index (χ2n) is 13.3. The SMILES string of the molecule is CC(C)(C)[Si](C)(C)OC[C@H]1O[C@@H](NC(=O)Nc2ccccc2)[C@H](O[Si](C)(C)C(C)(C)C)[C@]12OS(=O)(=O)C=C2N. The van der Waals surface area contributed by atoms with Crippen LogP contribution in [0, 0.1) is 0 Å². The van der Waals surface area contributed by atoms with Gasteiger partial charge in [-0.1, -0.05) is 59.7 Å². The summed E-state index contributed by atoms with van der Waals surface area (Å²) in [5.41, 5.74) is 5.28. The molecule has 0 aromatic heterocycles. The van der Waals surface area contributed by atoms with Crippen molar-refractivity contribution >= 4 is 38.5 Å². The topological polar surface area (TPSA) is 138 Å². The molecule has 1 aromatic carbocycles. The van der Waals surface area contributed by atoms with Crippen molar-refractivity contribution in [1.29, 1.82) is 0 Å². The Labute approximate surface area is 235 Å². The van der Waals surface area contributed by atoms with Gasteiger partial charge in [-0.2, -0.15) is 8.42 Å². The average molecular weight is 600 g/mol. The van der Waals surface area contributed by atoms with Gasteiger partial charge in [-0.3, -0.25) is 0 Å². The molecule has 4 N–H and O–H groups in total. The maximum atomic E-state index is 13.1. The van der Waals surface area contributed by atoms with E-state index in [9.17, 15) is 13.2 Å². The van der Waals surface area contributed by atoms with Crippen LogP contribution in [0.2, 0.25) is 36.3 Å². The molecule has 13 heteroatoms. The van der Waals surface area contributed by atoms with Gasteiger partial charge in [-0.05, 0) is 48.4 Å². The van der Waals surface area contributed by atoms with E-state index >= 15 is 0 Å². The standard InChI is InChI=1S/C26H45N3O7SSi2/c1-24(2,3)38(7,8)33-16-20-26(19(27)17-37(31,32)36-26)21(35-39(9,10)25(4,5)6)22(34-20)29-23(30)28-18-14-12-11-13-15-18/h11-15,17,20-22H,16,27H2,1-10H3,(H2,28,29,30)/t20-,21+,22-,26-/m1/s1. The van der Waals surface area contributed by atoms with Crippen LogP contribution in [-0.4, -0.2) is 61.7 Å². The lowest BCUT2D eigenvalue weighted by Gasteiger charge is -2.43. The van der Waals surface area contributed by atoms with Crippen LogP contribution in [0.25, 0.3) is 0 Å². The molecule has 39 heavy (non-hydrogen) atoms. The van der Waals surface area contributed by atoms with Gasteiger partial charge in [0.25, 0.3) is 10.1 Å². The summed E-state index contributed by atoms with van der Waals surface area (Å²) >= 11 is 0. The number of anilines is 1. The Kier molecular flexibility index (Phi) is 8.62. The van der Waals surface area contributed by atoms with E-state index in [0.717, 1.165) is 5.41 Å². The number of carbonyl (C=O) groups is 1. The van der Waals surface area contributed by atoms with Crippen molar-refractivity contribution in [2.45, 2.75) is 102 Å². The summed E-state index contributed by atoms with van der Waals surface area (Å²) in [6, 6.07) is 8.41. The number of hydrogen-bond donors (Lipinski definition) is 3. The molecule has 220 valence electrons. The van der Waals surface area contributed by atoms with Crippen molar-refractivity contribution in [3.8, 4) is 0 Å². The molecule has 4 atom stereocenters. The van der Waals surface area contributed by atoms with E-state index in [4.69, 9.17) is 23.5 Å². The van der Waals surface area contributed by atoms with Crippen LogP contribution in [0.5, 0.6) is 0 Å². The number of carbonyl (C=O) groups excluding carboxylic acids is 1. The molecule has 1 spiro atoms. The summed E-state index contributed by atoms with van der Waals surface area (Å²) in [7, 11) is -8.98. The minimum Gasteiger partial charge on any atom is -0.414 e. The van der Waals surface area contributed by atoms with E-state index in [0.29, 0.717) is 5.69 Å². The summed E-state index contributed by atoms with van der Waals surface area (Å²) in [6.45, 7) is 20.8. The predicted octanol–water partition coefficient (Wildman–Crippen LogP) is 4.84. The maximum Gasteiger partial charge on any atom is 0.321 e. The smallest absolute Gasteiger partial charge is 0.321 e. The molecule has 0 saturated carbocycles. The molecular weight excluding hydrogens is 555 g/mol. The molecule has 10 nitrogen and oxygen atoms in total. The number of benzene rings is 1. The normalized spacial score (nSPS) is 27.4. The van der Waals surface area contributed by atoms with Crippen molar-refractivity contribution in [1.82, 2.24) is 5.32 Å². The fourth-order valence-corrected chi connectivity index (χ4v) is 7.47. The van der Waals surface area contributed by atoms with E-state index in [1.807, 2.05) is 19.2 Å². The number of nitrogens with one attached hydrogen (secondary N) is 2. The Hall–Kier alpha value is -1.75. The van der Waals surface area contributed by atoms with Crippen LogP contribution in [0.3, 0.4) is 0 Å². The second kappa shape index (κ2) is 10.6. The zero-order chi connectivity index (χ0) is 29.7. The largest absolute Gasteiger partial charge is 0.414 e. The van der Waals surface area contributed by atoms with Gasteiger partial charge in [0.15, 0.2) is 28.5 Å². The first-order valence-electron chi connectivity index (χ1n) is 13.1. The van der Waals surface area contributed by atoms with E-state index in [2.05, 4.69) is 65.3 Å². The minimum atomic E-state index is -4.13. The first-order valence-corrected chi connectivity index (χ1v) is 20.4. The van der Waals surface area contributed by atoms with E-state index in [1.165, 1.54) is 0 Å². The Balaban J connectivity index is 2.03. The highest BCUT2D eigenvalue weighted by atomic mass is 32.2. The van der Waals surface area contributed by atoms with Gasteiger partial charge in [0.05, 0.1) is 17.7 Å². The third kappa shape index (κ3) is 6.60. The van der Waals surface area contributed by atoms with Crippen molar-refractivity contribution < 1.29 is 31.0 Å². The number of amides is 2. The average Bonchev–Trinajstić information content (AvgIpc) is 3.17. The first kappa shape index (κ1) is 31.8. The molecule has 2 aliphatic heterocycles. The Morgan fingerprint density at radius 1 is 1.03 bits per heavy atom. The zero-order valence-corrected chi connectivity index (χ0v) is 27.6. The first-order chi connectivity index (χ1) is 17.6. The van der Waals surface area contributed by atoms with Gasteiger partial charge in [0.2, 0.25) is 0 Å². The molecule has 3 rings (SSSR count). The molecule has 0 aliphatic carbocycles. The third-order valence-electron chi connectivity index (χ3n) is 8.40. The number of nitrogens with two attached hydrogens (primary N) is 1. The quantitative estimate of drug-likeness (QED) is 0.299. The third-order valence-corrected chi connectivity index (χ3v) is 18.4. The lowest BCUT2D eigenvalue weighted by atomic mass is 9.89. The van der Waals surface area contributed by atoms with Gasteiger partial charge in [0.1, 0.15) is 12.2 Å². The molecule has 0 unspecified atom stereocenters. The van der Waals surface area contributed by atoms with E-state index in [1.54, 1.807) is 24.3 Å². The maximum absolute atomic E-state index is 13.1. The minimum absolute atomic E-state index is 0.0103. The molecule has 1 fully saturated rings. The molecule has 1 aromatic rings. The van der Waals surface area contributed by atoms with Gasteiger partial charge in [0, 0.05) is 5.69 Å². The van der Waals surface area contributed by atoms with Crippen LogP contribution < -0.4 is 16.4 Å². The summed E-state index contributed by atoms with van der Waals surface area (Å²) in [5, 5.41) is 6.17. The summed E-state index contributed by atoms with van der Waals surface area (Å²) in [6.07, 6.45) is -3.09. The fourth-order valence-electron chi connectivity index (χ4n) is 3.96. The van der Waals surface area contributed by atoms with E-state index < -0.39 is 56.8 Å². The molecule has 2 aliphatic rings. The Morgan fingerprint density at radius 2 is 1.59 bits per heavy atom. The molecule has 0 bridgehead atoms. The lowest BCUT2D eigenvalue weighted by molar-refractivity contribution is -0.0419. The number of urea groups is 1. The highest BCUT2D eigenvalue weighted by molar-refractivity contribution is 7.90. The second-order valence-corrected chi connectivity index (χ2v) is 24.3. The molecule has 1 saturated heterocycles. The van der Waals surface area contributed by atoms with Crippen molar-refractivity contribution in [3.63, 3.8) is 0 Å². The number of hydrogen-bond acceptors (Lipinski definition) is 8. The van der Waals surface area contributed by atoms with Gasteiger partial charge in [-0.25, -0.2) is 8.98 Å². The lowest BCUT2D eigenvalue weighted by Crippen LogP contribution is -2.61.